The number of hydrogen-bond donors (Lipinski definition) is 11. The van der Waals surface area contributed by atoms with E-state index in [1.54, 1.807) is 6.08 Å². The van der Waals surface area contributed by atoms with Crippen molar-refractivity contribution in [2.75, 3.05) is 26.4 Å². The van der Waals surface area contributed by atoms with Gasteiger partial charge in [-0.25, -0.2) is 9.36 Å². The molecule has 0 bridgehead atoms. The van der Waals surface area contributed by atoms with Crippen LogP contribution in [0.3, 0.4) is 0 Å². The van der Waals surface area contributed by atoms with Gasteiger partial charge < -0.3 is 89.1 Å². The van der Waals surface area contributed by atoms with E-state index >= 15 is 0 Å². The normalized spacial score (nSPS) is 27.7. The lowest BCUT2D eigenvalue weighted by Gasteiger charge is -2.49. The van der Waals surface area contributed by atoms with Crippen molar-refractivity contribution in [3.8, 4) is 0 Å². The highest BCUT2D eigenvalue weighted by atomic mass is 31.2. The zero-order chi connectivity index (χ0) is 72.5. The van der Waals surface area contributed by atoms with Crippen molar-refractivity contribution < 1.29 is 117 Å². The van der Waals surface area contributed by atoms with E-state index in [-0.39, 0.29) is 12.8 Å². The molecule has 2 aliphatic heterocycles. The van der Waals surface area contributed by atoms with Gasteiger partial charge >= 0.3 is 25.7 Å². The number of ether oxygens (including phenoxy) is 7. The van der Waals surface area contributed by atoms with Crippen LogP contribution in [0.1, 0.15) is 284 Å². The Bertz CT molecular complexity index is 2190. The summed E-state index contributed by atoms with van der Waals surface area (Å²) in [5, 5.41) is 110. The lowest BCUT2D eigenvalue weighted by molar-refractivity contribution is -0.360. The summed E-state index contributed by atoms with van der Waals surface area (Å²) < 4.78 is 64.8. The summed E-state index contributed by atoms with van der Waals surface area (Å²) in [6.45, 7) is 3.31. The maximum atomic E-state index is 14.3. The number of carbonyl (C=O) groups excluding carboxylic acids is 3. The van der Waals surface area contributed by atoms with Crippen LogP contribution in [0.4, 0.5) is 0 Å². The smallest absolute Gasteiger partial charge is 0.463 e. The summed E-state index contributed by atoms with van der Waals surface area (Å²) in [7, 11) is -5.72. The van der Waals surface area contributed by atoms with Gasteiger partial charge in [-0.2, -0.15) is 0 Å². The van der Waals surface area contributed by atoms with Crippen LogP contribution in [0.25, 0.3) is 0 Å². The van der Waals surface area contributed by atoms with Crippen molar-refractivity contribution in [3.05, 3.63) is 36.5 Å². The topological polar surface area (TPSA) is 374 Å². The van der Waals surface area contributed by atoms with E-state index in [1.165, 1.54) is 154 Å². The van der Waals surface area contributed by atoms with Crippen LogP contribution in [-0.4, -0.2) is 204 Å². The first-order valence-corrected chi connectivity index (χ1v) is 39.8. The zero-order valence-corrected chi connectivity index (χ0v) is 61.2. The summed E-state index contributed by atoms with van der Waals surface area (Å²) in [5.41, 5.74) is 0. The average molecular weight is 1440 g/mol. The molecule has 0 aromatic carbocycles. The molecule has 0 spiro atoms. The fourth-order valence-electron chi connectivity index (χ4n) is 12.5. The third kappa shape index (κ3) is 38.7. The van der Waals surface area contributed by atoms with Crippen LogP contribution in [0.5, 0.6) is 0 Å². The van der Waals surface area contributed by atoms with Gasteiger partial charge in [0.05, 0.1) is 13.2 Å². The van der Waals surface area contributed by atoms with Crippen LogP contribution >= 0.6 is 7.82 Å². The fourth-order valence-corrected chi connectivity index (χ4v) is 13.5. The highest BCUT2D eigenvalue weighted by molar-refractivity contribution is 7.47. The van der Waals surface area contributed by atoms with Crippen LogP contribution in [0, 0.1) is 0 Å². The molecule has 3 aliphatic rings. The van der Waals surface area contributed by atoms with Crippen LogP contribution in [0.2, 0.25) is 0 Å². The third-order valence-corrected chi connectivity index (χ3v) is 19.7. The summed E-state index contributed by atoms with van der Waals surface area (Å²) in [6, 6.07) is 0. The molecule has 1 saturated carbocycles. The summed E-state index contributed by atoms with van der Waals surface area (Å²) in [5.74, 6) is -2.26. The Morgan fingerprint density at radius 3 is 1.23 bits per heavy atom. The Morgan fingerprint density at radius 2 is 0.788 bits per heavy atom. The van der Waals surface area contributed by atoms with Gasteiger partial charge in [-0.05, 0) is 51.4 Å². The second-order valence-corrected chi connectivity index (χ2v) is 28.8. The van der Waals surface area contributed by atoms with Gasteiger partial charge in [-0.15, -0.1) is 0 Å². The van der Waals surface area contributed by atoms with E-state index in [1.807, 2.05) is 6.08 Å². The van der Waals surface area contributed by atoms with Gasteiger partial charge in [0.15, 0.2) is 18.7 Å². The summed E-state index contributed by atoms with van der Waals surface area (Å²) in [4.78, 5) is 50.9. The van der Waals surface area contributed by atoms with Crippen molar-refractivity contribution in [3.63, 3.8) is 0 Å². The second kappa shape index (κ2) is 55.6. The predicted octanol–water partition coefficient (Wildman–Crippen LogP) is 10.7. The number of hydrogen-bond acceptors (Lipinski definition) is 23. The highest BCUT2D eigenvalue weighted by Gasteiger charge is 2.58. The number of phosphoric acid groups is 1. The van der Waals surface area contributed by atoms with Gasteiger partial charge in [0, 0.05) is 18.9 Å². The molecule has 1 aliphatic carbocycles. The number of rotatable bonds is 59. The molecule has 0 aromatic rings. The molecular formula is C74H133O24P. The predicted molar refractivity (Wildman–Crippen MR) is 374 cm³/mol. The van der Waals surface area contributed by atoms with Gasteiger partial charge in [0.25, 0.3) is 0 Å². The Kier molecular flexibility index (Phi) is 50.8. The number of unbranched alkanes of at least 4 members (excludes halogenated alkanes) is 35. The molecule has 25 heteroatoms. The highest BCUT2D eigenvalue weighted by Crippen LogP contribution is 2.49. The average Bonchev–Trinajstić information content (AvgIpc) is 0.763. The molecule has 578 valence electrons. The van der Waals surface area contributed by atoms with Crippen molar-refractivity contribution in [2.24, 2.45) is 0 Å². The van der Waals surface area contributed by atoms with Crippen LogP contribution in [0.15, 0.2) is 36.5 Å². The number of allylic oxidation sites excluding steroid dienone is 5. The minimum absolute atomic E-state index is 0.0275. The molecular weight excluding hydrogens is 1300 g/mol. The molecule has 0 aromatic heterocycles. The molecule has 3 fully saturated rings. The molecule has 0 amide bonds. The van der Waals surface area contributed by atoms with E-state index in [2.05, 4.69) is 32.9 Å². The number of carbonyl (C=O) groups is 3. The molecule has 0 radical (unpaired) electrons. The van der Waals surface area contributed by atoms with Crippen LogP contribution < -0.4 is 0 Å². The van der Waals surface area contributed by atoms with E-state index in [9.17, 15) is 74.9 Å². The quantitative estimate of drug-likeness (QED) is 0.00512. The monoisotopic (exact) mass is 1440 g/mol. The number of aliphatic hydroxyl groups excluding tert-OH is 10. The molecule has 2 saturated heterocycles. The van der Waals surface area contributed by atoms with Gasteiger partial charge in [-0.1, -0.05) is 250 Å². The Hall–Kier alpha value is -2.82. The number of aliphatic hydroxyl groups is 10. The zero-order valence-electron chi connectivity index (χ0n) is 60.3. The first kappa shape index (κ1) is 90.4. The standard InChI is InChI=1S/C74H133O24P/c1-4-7-10-13-16-19-22-25-27-29-32-34-37-40-43-46-49-59(77)91-54-57-62(80)64(82)69(87)74(95-57)97-71-67(85)65(83)66(84)70(96-73-68(86)63(81)61(79)56(51-75)94-73)72(71)98-99(88,89)92-53-55(93-60(78)50-47-44-41-38-35-30-24-21-18-15-12-9-6-3)52-90-58(76)48-45-42-39-36-33-31-28-26-23-20-17-14-11-8-5-2/h30,35,39,42,45,48,55-57,61-75,79-87H,4-29,31-34,36-38,40-41,43-44,46-47,49-54H2,1-3H3,(H,88,89)/b35-30-,42-39+,48-45+. The maximum Gasteiger partial charge on any atom is 0.472 e. The lowest BCUT2D eigenvalue weighted by Crippen LogP contribution is -2.69. The summed E-state index contributed by atoms with van der Waals surface area (Å²) in [6.07, 6.45) is 18.5. The first-order chi connectivity index (χ1) is 47.8. The molecule has 2 heterocycles. The van der Waals surface area contributed by atoms with Gasteiger partial charge in [-0.3, -0.25) is 18.6 Å². The van der Waals surface area contributed by atoms with E-state index in [0.717, 1.165) is 89.5 Å². The lowest BCUT2D eigenvalue weighted by atomic mass is 9.84. The third-order valence-electron chi connectivity index (χ3n) is 18.7. The van der Waals surface area contributed by atoms with Crippen molar-refractivity contribution in [1.82, 2.24) is 0 Å². The van der Waals surface area contributed by atoms with Gasteiger partial charge in [0.1, 0.15) is 98.7 Å². The van der Waals surface area contributed by atoms with Crippen molar-refractivity contribution in [2.45, 2.75) is 388 Å². The Labute approximate surface area is 591 Å². The fraction of sp³-hybridized carbons (Fsp3) is 0.878. The number of phosphoric ester groups is 1. The van der Waals surface area contributed by atoms with E-state index in [4.69, 9.17) is 42.2 Å². The van der Waals surface area contributed by atoms with E-state index in [0.29, 0.717) is 19.3 Å². The largest absolute Gasteiger partial charge is 0.472 e. The molecule has 99 heavy (non-hydrogen) atoms. The van der Waals surface area contributed by atoms with Crippen molar-refractivity contribution >= 4 is 25.7 Å². The molecule has 18 atom stereocenters. The van der Waals surface area contributed by atoms with Gasteiger partial charge in [0.2, 0.25) is 0 Å². The van der Waals surface area contributed by atoms with Crippen molar-refractivity contribution in [1.29, 1.82) is 0 Å². The SMILES string of the molecule is CCCCCCCC/C=C\CCCCCC(=O)OC(COC(=O)/C=C/C=C/CCCCCCCCCCCCC)COP(=O)(O)OC1C(OC2OC(CO)C(O)C(O)C2O)C(O)C(O)C(O)C1OC1OC(COC(=O)CCCCCCCCCCCCCCCCCC)C(O)C(O)C1O. The minimum atomic E-state index is -5.72. The minimum Gasteiger partial charge on any atom is -0.463 e. The second-order valence-electron chi connectivity index (χ2n) is 27.4. The van der Waals surface area contributed by atoms with Crippen LogP contribution in [-0.2, 0) is 61.2 Å². The molecule has 24 nitrogen and oxygen atoms in total. The molecule has 18 unspecified atom stereocenters. The summed E-state index contributed by atoms with van der Waals surface area (Å²) >= 11 is 0. The number of esters is 3. The maximum absolute atomic E-state index is 14.3. The molecule has 3 rings (SSSR count). The first-order valence-electron chi connectivity index (χ1n) is 38.3. The van der Waals surface area contributed by atoms with E-state index < -0.39 is 156 Å². The molecule has 11 N–H and O–H groups in total. The Morgan fingerprint density at radius 1 is 0.414 bits per heavy atom. The Balaban J connectivity index is 1.74.